The number of rotatable bonds is 5. The minimum Gasteiger partial charge on any atom is -0.356 e. The highest BCUT2D eigenvalue weighted by molar-refractivity contribution is 5.79. The van der Waals surface area contributed by atoms with Gasteiger partial charge < -0.3 is 11.1 Å². The van der Waals surface area contributed by atoms with E-state index in [4.69, 9.17) is 5.73 Å². The molecule has 0 bridgehead atoms. The Morgan fingerprint density at radius 1 is 1.44 bits per heavy atom. The Hall–Kier alpha value is -1.43. The summed E-state index contributed by atoms with van der Waals surface area (Å²) in [6, 6.07) is 0.0362. The summed E-state index contributed by atoms with van der Waals surface area (Å²) in [4.78, 5) is 11.9. The molecule has 6 nitrogen and oxygen atoms in total. The van der Waals surface area contributed by atoms with Crippen molar-refractivity contribution in [2.75, 3.05) is 6.54 Å². The summed E-state index contributed by atoms with van der Waals surface area (Å²) in [5.74, 6) is 0.117. The van der Waals surface area contributed by atoms with Crippen molar-refractivity contribution in [1.82, 2.24) is 20.3 Å². The van der Waals surface area contributed by atoms with Gasteiger partial charge in [-0.1, -0.05) is 18.1 Å². The highest BCUT2D eigenvalue weighted by atomic mass is 16.1. The van der Waals surface area contributed by atoms with Crippen LogP contribution in [-0.4, -0.2) is 33.5 Å². The minimum atomic E-state index is 0.00474. The molecule has 2 rings (SSSR count). The van der Waals surface area contributed by atoms with Crippen LogP contribution in [0.2, 0.25) is 0 Å². The summed E-state index contributed by atoms with van der Waals surface area (Å²) in [5, 5.41) is 10.6. The predicted molar refractivity (Wildman–Crippen MR) is 67.6 cm³/mol. The van der Waals surface area contributed by atoms with Gasteiger partial charge in [-0.3, -0.25) is 9.48 Å². The lowest BCUT2D eigenvalue weighted by Gasteiger charge is -2.27. The Morgan fingerprint density at radius 3 is 3.00 bits per heavy atom. The Bertz CT molecular complexity index is 365. The van der Waals surface area contributed by atoms with E-state index in [0.717, 1.165) is 38.6 Å². The molecule has 0 radical (unpaired) electrons. The van der Waals surface area contributed by atoms with Crippen LogP contribution in [0.4, 0.5) is 0 Å². The monoisotopic (exact) mass is 251 g/mol. The number of nitrogens with zero attached hydrogens (tertiary/aromatic N) is 3. The lowest BCUT2D eigenvalue weighted by molar-refractivity contribution is -0.126. The second kappa shape index (κ2) is 6.49. The average Bonchev–Trinajstić information content (AvgIpc) is 2.88. The summed E-state index contributed by atoms with van der Waals surface area (Å²) in [6.45, 7) is 1.44. The molecule has 0 spiro atoms. The van der Waals surface area contributed by atoms with E-state index >= 15 is 0 Å². The van der Waals surface area contributed by atoms with Crippen LogP contribution in [-0.2, 0) is 11.3 Å². The van der Waals surface area contributed by atoms with Crippen LogP contribution in [0.25, 0.3) is 0 Å². The number of carbonyl (C=O) groups is 1. The van der Waals surface area contributed by atoms with Crippen molar-refractivity contribution in [3.63, 3.8) is 0 Å². The van der Waals surface area contributed by atoms with E-state index in [9.17, 15) is 4.79 Å². The van der Waals surface area contributed by atoms with Crippen molar-refractivity contribution in [1.29, 1.82) is 0 Å². The topological polar surface area (TPSA) is 85.8 Å². The lowest BCUT2D eigenvalue weighted by atomic mass is 9.84. The molecule has 6 heteroatoms. The molecule has 2 unspecified atom stereocenters. The summed E-state index contributed by atoms with van der Waals surface area (Å²) in [6.07, 6.45) is 8.49. The van der Waals surface area contributed by atoms with Crippen LogP contribution < -0.4 is 11.1 Å². The maximum Gasteiger partial charge on any atom is 0.224 e. The maximum absolute atomic E-state index is 11.9. The third kappa shape index (κ3) is 3.53. The van der Waals surface area contributed by atoms with Crippen molar-refractivity contribution in [3.05, 3.63) is 12.4 Å². The number of hydrogen-bond donors (Lipinski definition) is 2. The zero-order valence-electron chi connectivity index (χ0n) is 10.6. The standard InChI is InChI=1S/C12H21N5O/c13-11-5-2-1-4-10(11)12(18)14-6-3-8-17-9-7-15-16-17/h7,9-11H,1-6,8,13H2,(H,14,18). The molecule has 1 saturated carbocycles. The fraction of sp³-hybridized carbons (Fsp3) is 0.750. The van der Waals surface area contributed by atoms with Gasteiger partial charge in [-0.15, -0.1) is 5.10 Å². The molecule has 1 aliphatic rings. The van der Waals surface area contributed by atoms with Gasteiger partial charge in [0.25, 0.3) is 0 Å². The number of hydrogen-bond acceptors (Lipinski definition) is 4. The van der Waals surface area contributed by atoms with Crippen molar-refractivity contribution in [2.24, 2.45) is 11.7 Å². The molecule has 18 heavy (non-hydrogen) atoms. The van der Waals surface area contributed by atoms with Crippen LogP contribution in [0.3, 0.4) is 0 Å². The molecular weight excluding hydrogens is 230 g/mol. The Kier molecular flexibility index (Phi) is 4.69. The molecule has 3 N–H and O–H groups in total. The number of aryl methyl sites for hydroxylation is 1. The fourth-order valence-corrected chi connectivity index (χ4v) is 2.42. The first-order valence-electron chi connectivity index (χ1n) is 6.65. The molecule has 1 fully saturated rings. The van der Waals surface area contributed by atoms with Crippen LogP contribution >= 0.6 is 0 Å². The quantitative estimate of drug-likeness (QED) is 0.737. The number of carbonyl (C=O) groups excluding carboxylic acids is 1. The van der Waals surface area contributed by atoms with Gasteiger partial charge in [0.2, 0.25) is 5.91 Å². The molecule has 2 atom stereocenters. The van der Waals surface area contributed by atoms with Gasteiger partial charge in [0.1, 0.15) is 0 Å². The molecule has 0 aliphatic heterocycles. The zero-order chi connectivity index (χ0) is 12.8. The van der Waals surface area contributed by atoms with Crippen LogP contribution in [0.1, 0.15) is 32.1 Å². The van der Waals surface area contributed by atoms with E-state index < -0.39 is 0 Å². The maximum atomic E-state index is 11.9. The smallest absolute Gasteiger partial charge is 0.224 e. The molecule has 1 amide bonds. The van der Waals surface area contributed by atoms with Gasteiger partial charge in [-0.05, 0) is 19.3 Å². The Labute approximate surface area is 107 Å². The van der Waals surface area contributed by atoms with Gasteiger partial charge >= 0.3 is 0 Å². The molecular formula is C12H21N5O. The van der Waals surface area contributed by atoms with Gasteiger partial charge in [0.05, 0.1) is 12.1 Å². The van der Waals surface area contributed by atoms with E-state index in [2.05, 4.69) is 15.6 Å². The van der Waals surface area contributed by atoms with Crippen LogP contribution in [0.15, 0.2) is 12.4 Å². The van der Waals surface area contributed by atoms with Crippen molar-refractivity contribution < 1.29 is 4.79 Å². The molecule has 1 aromatic heterocycles. The number of aromatic nitrogens is 3. The first kappa shape index (κ1) is 13.0. The van der Waals surface area contributed by atoms with Crippen molar-refractivity contribution >= 4 is 5.91 Å². The fourth-order valence-electron chi connectivity index (χ4n) is 2.42. The summed E-state index contributed by atoms with van der Waals surface area (Å²) >= 11 is 0. The lowest BCUT2D eigenvalue weighted by Crippen LogP contribution is -2.44. The Balaban J connectivity index is 1.65. The minimum absolute atomic E-state index is 0.00474. The predicted octanol–water partition coefficient (Wildman–Crippen LogP) is 0.302. The second-order valence-corrected chi connectivity index (χ2v) is 4.87. The van der Waals surface area contributed by atoms with Gasteiger partial charge in [-0.2, -0.15) is 0 Å². The number of amides is 1. The summed E-state index contributed by atoms with van der Waals surface area (Å²) in [5.41, 5.74) is 5.98. The van der Waals surface area contributed by atoms with E-state index in [1.807, 2.05) is 6.20 Å². The van der Waals surface area contributed by atoms with E-state index in [0.29, 0.717) is 6.54 Å². The highest BCUT2D eigenvalue weighted by Gasteiger charge is 2.27. The molecule has 1 heterocycles. The third-order valence-electron chi connectivity index (χ3n) is 3.49. The van der Waals surface area contributed by atoms with E-state index in [1.54, 1.807) is 10.9 Å². The van der Waals surface area contributed by atoms with E-state index in [1.165, 1.54) is 0 Å². The Morgan fingerprint density at radius 2 is 2.28 bits per heavy atom. The zero-order valence-corrected chi connectivity index (χ0v) is 10.6. The summed E-state index contributed by atoms with van der Waals surface area (Å²) < 4.78 is 1.76. The molecule has 0 aromatic carbocycles. The SMILES string of the molecule is NC1CCCCC1C(=O)NCCCn1ccnn1. The summed E-state index contributed by atoms with van der Waals surface area (Å²) in [7, 11) is 0. The van der Waals surface area contributed by atoms with Crippen molar-refractivity contribution in [2.45, 2.75) is 44.7 Å². The highest BCUT2D eigenvalue weighted by Crippen LogP contribution is 2.22. The van der Waals surface area contributed by atoms with Gasteiger partial charge in [-0.25, -0.2) is 0 Å². The second-order valence-electron chi connectivity index (χ2n) is 4.87. The van der Waals surface area contributed by atoms with Crippen LogP contribution in [0.5, 0.6) is 0 Å². The molecule has 100 valence electrons. The number of nitrogens with one attached hydrogen (secondary N) is 1. The van der Waals surface area contributed by atoms with Gasteiger partial charge in [0, 0.05) is 25.3 Å². The van der Waals surface area contributed by atoms with Crippen LogP contribution in [0, 0.1) is 5.92 Å². The molecule has 1 aliphatic carbocycles. The first-order chi connectivity index (χ1) is 8.77. The number of nitrogens with two attached hydrogens (primary N) is 1. The third-order valence-corrected chi connectivity index (χ3v) is 3.49. The van der Waals surface area contributed by atoms with Crippen molar-refractivity contribution in [3.8, 4) is 0 Å². The average molecular weight is 251 g/mol. The van der Waals surface area contributed by atoms with E-state index in [-0.39, 0.29) is 17.9 Å². The first-order valence-corrected chi connectivity index (χ1v) is 6.65. The van der Waals surface area contributed by atoms with Gasteiger partial charge in [0.15, 0.2) is 0 Å². The largest absolute Gasteiger partial charge is 0.356 e. The molecule has 0 saturated heterocycles. The molecule has 1 aromatic rings. The normalized spacial score (nSPS) is 23.8.